The van der Waals surface area contributed by atoms with E-state index in [2.05, 4.69) is 24.1 Å². The molecule has 5 heteroatoms. The molecule has 4 unspecified atom stereocenters. The van der Waals surface area contributed by atoms with Gasteiger partial charge in [-0.1, -0.05) is 20.8 Å². The van der Waals surface area contributed by atoms with Crippen molar-refractivity contribution in [2.75, 3.05) is 20.6 Å². The first-order valence-corrected chi connectivity index (χ1v) is 7.41. The molecule has 1 aliphatic carbocycles. The molecule has 0 aromatic heterocycles. The van der Waals surface area contributed by atoms with Gasteiger partial charge in [0, 0.05) is 12.6 Å². The molecule has 1 aliphatic rings. The van der Waals surface area contributed by atoms with Crippen molar-refractivity contribution in [2.24, 2.45) is 23.7 Å². The molecule has 0 heterocycles. The van der Waals surface area contributed by atoms with E-state index in [0.717, 1.165) is 0 Å². The second-order valence-corrected chi connectivity index (χ2v) is 6.65. The van der Waals surface area contributed by atoms with Crippen LogP contribution in [-0.2, 0) is 9.59 Å². The Kier molecular flexibility index (Phi) is 5.99. The maximum atomic E-state index is 12.3. The van der Waals surface area contributed by atoms with Crippen LogP contribution in [0.4, 0.5) is 0 Å². The molecule has 0 saturated heterocycles. The van der Waals surface area contributed by atoms with Gasteiger partial charge in [-0.25, -0.2) is 0 Å². The van der Waals surface area contributed by atoms with E-state index in [1.165, 1.54) is 0 Å². The van der Waals surface area contributed by atoms with Gasteiger partial charge in [0.15, 0.2) is 0 Å². The van der Waals surface area contributed by atoms with Gasteiger partial charge in [0.05, 0.1) is 11.8 Å². The molecule has 20 heavy (non-hydrogen) atoms. The number of carbonyl (C=O) groups is 2. The number of nitrogens with zero attached hydrogens (tertiary/aromatic N) is 1. The second-order valence-electron chi connectivity index (χ2n) is 6.65. The smallest absolute Gasteiger partial charge is 0.307 e. The summed E-state index contributed by atoms with van der Waals surface area (Å²) in [5, 5.41) is 12.2. The van der Waals surface area contributed by atoms with Crippen LogP contribution in [0.15, 0.2) is 0 Å². The molecular formula is C15H28N2O3. The Bertz CT molecular complexity index is 347. The summed E-state index contributed by atoms with van der Waals surface area (Å²) in [6.45, 7) is 6.82. The van der Waals surface area contributed by atoms with Crippen molar-refractivity contribution in [1.29, 1.82) is 0 Å². The number of rotatable bonds is 6. The normalized spacial score (nSPS) is 27.9. The van der Waals surface area contributed by atoms with Crippen LogP contribution in [0.1, 0.15) is 33.6 Å². The van der Waals surface area contributed by atoms with Gasteiger partial charge in [-0.3, -0.25) is 9.59 Å². The highest BCUT2D eigenvalue weighted by Gasteiger charge is 2.41. The van der Waals surface area contributed by atoms with Crippen LogP contribution in [0.3, 0.4) is 0 Å². The van der Waals surface area contributed by atoms with Crippen molar-refractivity contribution in [1.82, 2.24) is 10.2 Å². The number of carbonyl (C=O) groups excluding carboxylic acids is 1. The molecule has 0 aromatic rings. The zero-order chi connectivity index (χ0) is 15.4. The second kappa shape index (κ2) is 7.07. The largest absolute Gasteiger partial charge is 0.481 e. The van der Waals surface area contributed by atoms with Crippen LogP contribution in [-0.4, -0.2) is 48.6 Å². The maximum Gasteiger partial charge on any atom is 0.307 e. The highest BCUT2D eigenvalue weighted by molar-refractivity contribution is 5.85. The number of hydrogen-bond donors (Lipinski definition) is 2. The molecule has 0 aromatic carbocycles. The van der Waals surface area contributed by atoms with Crippen molar-refractivity contribution < 1.29 is 14.7 Å². The average molecular weight is 284 g/mol. The summed E-state index contributed by atoms with van der Waals surface area (Å²) in [5.74, 6) is -1.11. The summed E-state index contributed by atoms with van der Waals surface area (Å²) < 4.78 is 0. The molecular weight excluding hydrogens is 256 g/mol. The van der Waals surface area contributed by atoms with E-state index in [0.29, 0.717) is 31.2 Å². The predicted octanol–water partition coefficient (Wildman–Crippen LogP) is 1.44. The third-order valence-electron chi connectivity index (χ3n) is 4.37. The van der Waals surface area contributed by atoms with E-state index >= 15 is 0 Å². The van der Waals surface area contributed by atoms with Gasteiger partial charge in [0.1, 0.15) is 0 Å². The monoisotopic (exact) mass is 284 g/mol. The number of nitrogens with one attached hydrogen (secondary N) is 1. The van der Waals surface area contributed by atoms with Gasteiger partial charge in [0.2, 0.25) is 5.91 Å². The molecule has 0 bridgehead atoms. The van der Waals surface area contributed by atoms with E-state index in [1.54, 1.807) is 0 Å². The lowest BCUT2D eigenvalue weighted by atomic mass is 9.95. The fourth-order valence-corrected chi connectivity index (χ4v) is 3.21. The predicted molar refractivity (Wildman–Crippen MR) is 78.3 cm³/mol. The molecule has 1 rings (SSSR count). The molecule has 1 fully saturated rings. The van der Waals surface area contributed by atoms with Crippen LogP contribution in [0.5, 0.6) is 0 Å². The quantitative estimate of drug-likeness (QED) is 0.774. The summed E-state index contributed by atoms with van der Waals surface area (Å²) in [4.78, 5) is 25.6. The summed E-state index contributed by atoms with van der Waals surface area (Å²) in [5.41, 5.74) is 0. The Morgan fingerprint density at radius 1 is 1.25 bits per heavy atom. The summed E-state index contributed by atoms with van der Waals surface area (Å²) in [7, 11) is 3.99. The number of hydrogen-bond acceptors (Lipinski definition) is 3. The molecule has 0 aliphatic heterocycles. The molecule has 5 nitrogen and oxygen atoms in total. The Balaban J connectivity index is 2.59. The highest BCUT2D eigenvalue weighted by Crippen LogP contribution is 2.36. The molecule has 2 N–H and O–H groups in total. The molecule has 0 spiro atoms. The summed E-state index contributed by atoms with van der Waals surface area (Å²) >= 11 is 0. The van der Waals surface area contributed by atoms with Gasteiger partial charge < -0.3 is 15.3 Å². The topological polar surface area (TPSA) is 69.6 Å². The van der Waals surface area contributed by atoms with Gasteiger partial charge in [-0.2, -0.15) is 0 Å². The van der Waals surface area contributed by atoms with E-state index in [9.17, 15) is 14.7 Å². The fourth-order valence-electron chi connectivity index (χ4n) is 3.21. The van der Waals surface area contributed by atoms with Gasteiger partial charge in [-0.05, 0) is 38.8 Å². The zero-order valence-corrected chi connectivity index (χ0v) is 13.2. The van der Waals surface area contributed by atoms with Gasteiger partial charge >= 0.3 is 5.97 Å². The lowest BCUT2D eigenvalue weighted by molar-refractivity contribution is -0.146. The van der Waals surface area contributed by atoms with E-state index < -0.39 is 11.9 Å². The summed E-state index contributed by atoms with van der Waals surface area (Å²) in [6.07, 6.45) is 1.28. The number of amides is 1. The lowest BCUT2D eigenvalue weighted by Crippen LogP contribution is -2.45. The van der Waals surface area contributed by atoms with Crippen molar-refractivity contribution >= 4 is 11.9 Å². The minimum absolute atomic E-state index is 0.103. The molecule has 116 valence electrons. The van der Waals surface area contributed by atoms with Crippen molar-refractivity contribution in [2.45, 2.75) is 39.7 Å². The Labute approximate surface area is 121 Å². The first kappa shape index (κ1) is 17.0. The summed E-state index contributed by atoms with van der Waals surface area (Å²) in [6, 6.07) is 0.265. The number of carboxylic acid groups (broad SMARTS) is 1. The maximum absolute atomic E-state index is 12.3. The van der Waals surface area contributed by atoms with Crippen LogP contribution in [0.25, 0.3) is 0 Å². The standard InChI is InChI=1S/C15H28N2O3/c1-9(2)13(17(4)5)8-16-14(18)11-6-10(3)7-12(11)15(19)20/h9-13H,6-8H2,1-5H3,(H,16,18)(H,19,20). The lowest BCUT2D eigenvalue weighted by Gasteiger charge is -2.28. The minimum atomic E-state index is -0.845. The Morgan fingerprint density at radius 2 is 1.80 bits per heavy atom. The molecule has 0 radical (unpaired) electrons. The number of carboxylic acids is 1. The van der Waals surface area contributed by atoms with E-state index in [4.69, 9.17) is 0 Å². The van der Waals surface area contributed by atoms with Crippen LogP contribution in [0, 0.1) is 23.7 Å². The van der Waals surface area contributed by atoms with Crippen LogP contribution in [0.2, 0.25) is 0 Å². The van der Waals surface area contributed by atoms with Crippen molar-refractivity contribution in [3.63, 3.8) is 0 Å². The Morgan fingerprint density at radius 3 is 2.25 bits per heavy atom. The van der Waals surface area contributed by atoms with Crippen molar-refractivity contribution in [3.05, 3.63) is 0 Å². The highest BCUT2D eigenvalue weighted by atomic mass is 16.4. The minimum Gasteiger partial charge on any atom is -0.481 e. The van der Waals surface area contributed by atoms with E-state index in [1.807, 2.05) is 21.0 Å². The number of likely N-dealkylation sites (N-methyl/N-ethyl adjacent to an activating group) is 1. The van der Waals surface area contributed by atoms with Crippen molar-refractivity contribution in [3.8, 4) is 0 Å². The molecule has 1 amide bonds. The Hall–Kier alpha value is -1.10. The third-order valence-corrected chi connectivity index (χ3v) is 4.37. The first-order chi connectivity index (χ1) is 9.23. The van der Waals surface area contributed by atoms with Gasteiger partial charge in [0.25, 0.3) is 0 Å². The van der Waals surface area contributed by atoms with Crippen LogP contribution < -0.4 is 5.32 Å². The fraction of sp³-hybridized carbons (Fsp3) is 0.867. The van der Waals surface area contributed by atoms with Gasteiger partial charge in [-0.15, -0.1) is 0 Å². The first-order valence-electron chi connectivity index (χ1n) is 7.41. The average Bonchev–Trinajstić information content (AvgIpc) is 2.70. The van der Waals surface area contributed by atoms with E-state index in [-0.39, 0.29) is 17.9 Å². The number of aliphatic carboxylic acids is 1. The zero-order valence-electron chi connectivity index (χ0n) is 13.2. The third kappa shape index (κ3) is 4.20. The molecule has 1 saturated carbocycles. The SMILES string of the molecule is CC1CC(C(=O)O)C(C(=O)NCC(C(C)C)N(C)C)C1. The molecule has 4 atom stereocenters. The van der Waals surface area contributed by atoms with Crippen LogP contribution >= 0.6 is 0 Å².